The highest BCUT2D eigenvalue weighted by Crippen LogP contribution is 2.26. The number of benzene rings is 1. The van der Waals surface area contributed by atoms with Gasteiger partial charge in [0.25, 0.3) is 0 Å². The van der Waals surface area contributed by atoms with Crippen LogP contribution in [0.15, 0.2) is 24.3 Å². The zero-order chi connectivity index (χ0) is 14.2. The summed E-state index contributed by atoms with van der Waals surface area (Å²) in [6, 6.07) is 9.25. The molecule has 20 heavy (non-hydrogen) atoms. The predicted octanol–water partition coefficient (Wildman–Crippen LogP) is 3.05. The minimum atomic E-state index is 0.793. The van der Waals surface area contributed by atoms with Crippen LogP contribution in [0.4, 0.5) is 0 Å². The smallest absolute Gasteiger partial charge is 0.119 e. The van der Waals surface area contributed by atoms with Gasteiger partial charge >= 0.3 is 0 Å². The van der Waals surface area contributed by atoms with Crippen molar-refractivity contribution in [3.05, 3.63) is 29.8 Å². The summed E-state index contributed by atoms with van der Waals surface area (Å²) in [6.07, 6.45) is 3.98. The number of hydrogen-bond donors (Lipinski definition) is 1. The van der Waals surface area contributed by atoms with Crippen molar-refractivity contribution in [1.29, 1.82) is 0 Å². The van der Waals surface area contributed by atoms with Gasteiger partial charge in [0.1, 0.15) is 12.4 Å². The Hall–Kier alpha value is -1.06. The Balaban J connectivity index is 1.75. The summed E-state index contributed by atoms with van der Waals surface area (Å²) in [7, 11) is 0. The Bertz CT molecular complexity index is 390. The highest BCUT2D eigenvalue weighted by Gasteiger charge is 2.27. The first-order valence-electron chi connectivity index (χ1n) is 8.00. The fourth-order valence-corrected chi connectivity index (χ4v) is 2.50. The molecule has 0 unspecified atom stereocenters. The van der Waals surface area contributed by atoms with E-state index in [2.05, 4.69) is 48.3 Å². The first kappa shape index (κ1) is 15.3. The van der Waals surface area contributed by atoms with Crippen LogP contribution in [0.2, 0.25) is 0 Å². The van der Waals surface area contributed by atoms with Gasteiger partial charge in [-0.25, -0.2) is 0 Å². The average molecular weight is 276 g/mol. The van der Waals surface area contributed by atoms with E-state index in [1.54, 1.807) is 0 Å². The van der Waals surface area contributed by atoms with Crippen molar-refractivity contribution in [3.63, 3.8) is 0 Å². The maximum absolute atomic E-state index is 5.91. The molecule has 1 aliphatic rings. The molecule has 3 nitrogen and oxygen atoms in total. The Labute approximate surface area is 123 Å². The third-order valence-corrected chi connectivity index (χ3v) is 3.70. The van der Waals surface area contributed by atoms with E-state index in [0.29, 0.717) is 0 Å². The lowest BCUT2D eigenvalue weighted by Crippen LogP contribution is -2.31. The van der Waals surface area contributed by atoms with Crippen LogP contribution in [0.3, 0.4) is 0 Å². The molecule has 0 heterocycles. The minimum Gasteiger partial charge on any atom is -0.492 e. The normalized spacial score (nSPS) is 14.8. The largest absolute Gasteiger partial charge is 0.492 e. The van der Waals surface area contributed by atoms with Crippen molar-refractivity contribution in [1.82, 2.24) is 10.2 Å². The second-order valence-corrected chi connectivity index (χ2v) is 5.54. The van der Waals surface area contributed by atoms with Gasteiger partial charge in [-0.15, -0.1) is 0 Å². The summed E-state index contributed by atoms with van der Waals surface area (Å²) in [5, 5.41) is 3.34. The fraction of sp³-hybridized carbons (Fsp3) is 0.647. The molecule has 1 saturated carbocycles. The van der Waals surface area contributed by atoms with E-state index in [0.717, 1.165) is 38.0 Å². The van der Waals surface area contributed by atoms with E-state index in [1.807, 2.05) is 0 Å². The molecule has 0 bridgehead atoms. The van der Waals surface area contributed by atoms with E-state index in [4.69, 9.17) is 4.74 Å². The van der Waals surface area contributed by atoms with Crippen LogP contribution in [-0.4, -0.2) is 37.2 Å². The third kappa shape index (κ3) is 5.14. The van der Waals surface area contributed by atoms with Crippen molar-refractivity contribution >= 4 is 0 Å². The molecule has 0 radical (unpaired) electrons. The van der Waals surface area contributed by atoms with Crippen LogP contribution in [-0.2, 0) is 6.54 Å². The van der Waals surface area contributed by atoms with Crippen LogP contribution in [0.5, 0.6) is 5.75 Å². The lowest BCUT2D eigenvalue weighted by atomic mass is 10.2. The van der Waals surface area contributed by atoms with Crippen LogP contribution in [0.25, 0.3) is 0 Å². The second kappa shape index (κ2) is 8.28. The zero-order valence-electron chi connectivity index (χ0n) is 12.9. The molecule has 0 spiro atoms. The second-order valence-electron chi connectivity index (χ2n) is 5.54. The van der Waals surface area contributed by atoms with Gasteiger partial charge in [0.15, 0.2) is 0 Å². The monoisotopic (exact) mass is 276 g/mol. The molecule has 1 aromatic rings. The maximum atomic E-state index is 5.91. The molecular weight excluding hydrogens is 248 g/mol. The summed E-state index contributed by atoms with van der Waals surface area (Å²) >= 11 is 0. The number of ether oxygens (including phenoxy) is 1. The molecule has 3 heteroatoms. The number of rotatable bonds is 10. The molecular formula is C17H28N2O. The van der Waals surface area contributed by atoms with Gasteiger partial charge in [0.05, 0.1) is 0 Å². The van der Waals surface area contributed by atoms with Crippen molar-refractivity contribution in [2.75, 3.05) is 26.2 Å². The zero-order valence-corrected chi connectivity index (χ0v) is 12.9. The highest BCUT2D eigenvalue weighted by molar-refractivity contribution is 5.28. The summed E-state index contributed by atoms with van der Waals surface area (Å²) in [5.41, 5.74) is 1.29. The lowest BCUT2D eigenvalue weighted by Gasteiger charge is -2.21. The SMILES string of the molecule is CCCN(CCOc1cccc(CNCC)c1)C1CC1. The first-order chi connectivity index (χ1) is 9.83. The van der Waals surface area contributed by atoms with Crippen molar-refractivity contribution < 1.29 is 4.74 Å². The lowest BCUT2D eigenvalue weighted by molar-refractivity contribution is 0.202. The van der Waals surface area contributed by atoms with E-state index < -0.39 is 0 Å². The summed E-state index contributed by atoms with van der Waals surface area (Å²) < 4.78 is 5.91. The average Bonchev–Trinajstić information content (AvgIpc) is 3.29. The number of nitrogens with one attached hydrogen (secondary N) is 1. The fourth-order valence-electron chi connectivity index (χ4n) is 2.50. The van der Waals surface area contributed by atoms with Gasteiger partial charge in [-0.2, -0.15) is 0 Å². The van der Waals surface area contributed by atoms with Crippen LogP contribution in [0, 0.1) is 0 Å². The summed E-state index contributed by atoms with van der Waals surface area (Å²) in [4.78, 5) is 2.57. The molecule has 1 fully saturated rings. The quantitative estimate of drug-likeness (QED) is 0.711. The Morgan fingerprint density at radius 3 is 2.80 bits per heavy atom. The Morgan fingerprint density at radius 1 is 1.25 bits per heavy atom. The van der Waals surface area contributed by atoms with E-state index in [1.165, 1.54) is 31.4 Å². The van der Waals surface area contributed by atoms with Crippen molar-refractivity contribution in [3.8, 4) is 5.75 Å². The van der Waals surface area contributed by atoms with E-state index in [9.17, 15) is 0 Å². The predicted molar refractivity (Wildman–Crippen MR) is 84.2 cm³/mol. The minimum absolute atomic E-state index is 0.793. The van der Waals surface area contributed by atoms with Crippen LogP contribution < -0.4 is 10.1 Å². The molecule has 1 aromatic carbocycles. The van der Waals surface area contributed by atoms with Crippen molar-refractivity contribution in [2.45, 2.75) is 45.7 Å². The molecule has 0 atom stereocenters. The van der Waals surface area contributed by atoms with E-state index >= 15 is 0 Å². The first-order valence-corrected chi connectivity index (χ1v) is 8.00. The Kier molecular flexibility index (Phi) is 6.34. The van der Waals surface area contributed by atoms with E-state index in [-0.39, 0.29) is 0 Å². The molecule has 0 aromatic heterocycles. The van der Waals surface area contributed by atoms with Gasteiger partial charge in [-0.1, -0.05) is 26.0 Å². The molecule has 1 aliphatic carbocycles. The van der Waals surface area contributed by atoms with Crippen LogP contribution in [0.1, 0.15) is 38.7 Å². The summed E-state index contributed by atoms with van der Waals surface area (Å²) in [5.74, 6) is 0.993. The topological polar surface area (TPSA) is 24.5 Å². The van der Waals surface area contributed by atoms with Gasteiger partial charge in [0, 0.05) is 19.1 Å². The molecule has 2 rings (SSSR count). The molecule has 1 N–H and O–H groups in total. The standard InChI is InChI=1S/C17H28N2O/c1-3-10-19(16-8-9-16)11-12-20-17-7-5-6-15(13-17)14-18-4-2/h5-7,13,16,18H,3-4,8-12,14H2,1-2H3. The van der Waals surface area contributed by atoms with Gasteiger partial charge < -0.3 is 10.1 Å². The number of hydrogen-bond acceptors (Lipinski definition) is 3. The van der Waals surface area contributed by atoms with Crippen LogP contribution >= 0.6 is 0 Å². The molecule has 0 aliphatic heterocycles. The van der Waals surface area contributed by atoms with Gasteiger partial charge in [-0.3, -0.25) is 4.90 Å². The Morgan fingerprint density at radius 2 is 2.10 bits per heavy atom. The molecule has 0 saturated heterocycles. The molecule has 0 amide bonds. The highest BCUT2D eigenvalue weighted by atomic mass is 16.5. The maximum Gasteiger partial charge on any atom is 0.119 e. The van der Waals surface area contributed by atoms with Crippen molar-refractivity contribution in [2.24, 2.45) is 0 Å². The third-order valence-electron chi connectivity index (χ3n) is 3.70. The van der Waals surface area contributed by atoms with Gasteiger partial charge in [-0.05, 0) is 50.0 Å². The molecule has 112 valence electrons. The number of nitrogens with zero attached hydrogens (tertiary/aromatic N) is 1. The summed E-state index contributed by atoms with van der Waals surface area (Å²) in [6.45, 7) is 9.34. The van der Waals surface area contributed by atoms with Gasteiger partial charge in [0.2, 0.25) is 0 Å².